The van der Waals surface area contributed by atoms with Gasteiger partial charge in [-0.1, -0.05) is 0 Å². The molecule has 1 heterocycles. The molecule has 0 bridgehead atoms. The smallest absolute Gasteiger partial charge is 0.337 e. The minimum absolute atomic E-state index is 0.233. The number of nitrogens with one attached hydrogen (secondary N) is 2. The van der Waals surface area contributed by atoms with E-state index in [1.165, 1.54) is 7.11 Å². The van der Waals surface area contributed by atoms with Crippen molar-refractivity contribution in [2.45, 2.75) is 6.92 Å². The van der Waals surface area contributed by atoms with Crippen LogP contribution in [0.4, 0.5) is 5.69 Å². The highest BCUT2D eigenvalue weighted by Gasteiger charge is 2.13. The van der Waals surface area contributed by atoms with E-state index in [0.29, 0.717) is 16.9 Å². The molecule has 2 aromatic rings. The number of aryl methyl sites for hydroxylation is 1. The van der Waals surface area contributed by atoms with Crippen LogP contribution in [0, 0.1) is 6.92 Å². The van der Waals surface area contributed by atoms with E-state index in [1.807, 2.05) is 0 Å². The van der Waals surface area contributed by atoms with Gasteiger partial charge in [-0.25, -0.2) is 4.79 Å². The summed E-state index contributed by atoms with van der Waals surface area (Å²) in [5.74, 6) is -0.790. The molecule has 0 saturated carbocycles. The number of rotatable bonds is 3. The number of hydrogen-bond acceptors (Lipinski definition) is 5. The molecule has 2 N–H and O–H groups in total. The fourth-order valence-corrected chi connectivity index (χ4v) is 1.50. The molecular formula is C12H12N4O3. The molecule has 2 rings (SSSR count). The highest BCUT2D eigenvalue weighted by atomic mass is 16.5. The summed E-state index contributed by atoms with van der Waals surface area (Å²) in [6.07, 6.45) is 0. The van der Waals surface area contributed by atoms with Crippen LogP contribution >= 0.6 is 0 Å². The van der Waals surface area contributed by atoms with Crippen LogP contribution in [0.1, 0.15) is 26.5 Å². The van der Waals surface area contributed by atoms with Crippen LogP contribution < -0.4 is 5.32 Å². The van der Waals surface area contributed by atoms with E-state index in [4.69, 9.17) is 0 Å². The number of aromatic amines is 1. The maximum absolute atomic E-state index is 11.8. The molecule has 7 heteroatoms. The Morgan fingerprint density at radius 2 is 1.89 bits per heavy atom. The van der Waals surface area contributed by atoms with Crippen LogP contribution in [-0.2, 0) is 4.74 Å². The minimum Gasteiger partial charge on any atom is -0.465 e. The highest BCUT2D eigenvalue weighted by Crippen LogP contribution is 2.12. The van der Waals surface area contributed by atoms with Gasteiger partial charge in [0, 0.05) is 5.69 Å². The van der Waals surface area contributed by atoms with Crippen LogP contribution in [0.25, 0.3) is 0 Å². The predicted octanol–water partition coefficient (Wildman–Crippen LogP) is 1.15. The van der Waals surface area contributed by atoms with Crippen LogP contribution in [0.2, 0.25) is 0 Å². The molecule has 0 aliphatic heterocycles. The number of carbonyl (C=O) groups excluding carboxylic acids is 2. The Morgan fingerprint density at radius 1 is 1.21 bits per heavy atom. The zero-order valence-corrected chi connectivity index (χ0v) is 10.4. The lowest BCUT2D eigenvalue weighted by atomic mass is 10.2. The van der Waals surface area contributed by atoms with Gasteiger partial charge in [0.05, 0.1) is 18.4 Å². The van der Waals surface area contributed by atoms with E-state index in [9.17, 15) is 9.59 Å². The first-order valence-corrected chi connectivity index (χ1v) is 5.49. The van der Waals surface area contributed by atoms with Crippen molar-refractivity contribution >= 4 is 17.6 Å². The van der Waals surface area contributed by atoms with Crippen LogP contribution in [0.15, 0.2) is 24.3 Å². The number of benzene rings is 1. The Balaban J connectivity index is 2.10. The number of nitrogens with zero attached hydrogens (tertiary/aromatic N) is 2. The number of esters is 1. The maximum atomic E-state index is 11.8. The molecule has 98 valence electrons. The fourth-order valence-electron chi connectivity index (χ4n) is 1.50. The zero-order valence-electron chi connectivity index (χ0n) is 10.4. The molecule has 1 aromatic carbocycles. The monoisotopic (exact) mass is 260 g/mol. The second kappa shape index (κ2) is 5.30. The van der Waals surface area contributed by atoms with Gasteiger partial charge in [-0.05, 0) is 31.2 Å². The van der Waals surface area contributed by atoms with Crippen molar-refractivity contribution < 1.29 is 14.3 Å². The lowest BCUT2D eigenvalue weighted by Gasteiger charge is -2.04. The Labute approximate surface area is 109 Å². The van der Waals surface area contributed by atoms with Gasteiger partial charge < -0.3 is 10.1 Å². The largest absolute Gasteiger partial charge is 0.465 e. The second-order valence-electron chi connectivity index (χ2n) is 3.78. The van der Waals surface area contributed by atoms with E-state index in [0.717, 1.165) is 0 Å². The Kier molecular flexibility index (Phi) is 3.56. The average molecular weight is 260 g/mol. The molecule has 0 aliphatic carbocycles. The molecule has 0 saturated heterocycles. The highest BCUT2D eigenvalue weighted by molar-refractivity contribution is 6.03. The van der Waals surface area contributed by atoms with Gasteiger partial charge in [-0.2, -0.15) is 15.4 Å². The second-order valence-corrected chi connectivity index (χ2v) is 3.78. The topological polar surface area (TPSA) is 97.0 Å². The van der Waals surface area contributed by atoms with E-state index < -0.39 is 5.97 Å². The van der Waals surface area contributed by atoms with Crippen molar-refractivity contribution in [1.82, 2.24) is 15.4 Å². The maximum Gasteiger partial charge on any atom is 0.337 e. The summed E-state index contributed by atoms with van der Waals surface area (Å²) in [6.45, 7) is 1.68. The Morgan fingerprint density at radius 3 is 2.42 bits per heavy atom. The van der Waals surface area contributed by atoms with E-state index in [-0.39, 0.29) is 11.6 Å². The first-order valence-electron chi connectivity index (χ1n) is 5.49. The normalized spacial score (nSPS) is 10.0. The van der Waals surface area contributed by atoms with Gasteiger partial charge in [0.1, 0.15) is 0 Å². The summed E-state index contributed by atoms with van der Waals surface area (Å²) >= 11 is 0. The molecular weight excluding hydrogens is 248 g/mol. The summed E-state index contributed by atoms with van der Waals surface area (Å²) in [5.41, 5.74) is 1.72. The third kappa shape index (κ3) is 2.76. The van der Waals surface area contributed by atoms with Crippen molar-refractivity contribution in [1.29, 1.82) is 0 Å². The zero-order chi connectivity index (χ0) is 13.8. The SMILES string of the molecule is COC(=O)c1ccc(NC(=O)c2n[nH]nc2C)cc1. The molecule has 0 spiro atoms. The van der Waals surface area contributed by atoms with Gasteiger partial charge >= 0.3 is 5.97 Å². The Bertz CT molecular complexity index is 604. The van der Waals surface area contributed by atoms with Crippen molar-refractivity contribution in [2.24, 2.45) is 0 Å². The molecule has 7 nitrogen and oxygen atoms in total. The molecule has 0 radical (unpaired) electrons. The van der Waals surface area contributed by atoms with Gasteiger partial charge in [-0.3, -0.25) is 4.79 Å². The van der Waals surface area contributed by atoms with Crippen LogP contribution in [0.5, 0.6) is 0 Å². The molecule has 1 amide bonds. The van der Waals surface area contributed by atoms with Crippen molar-refractivity contribution in [2.75, 3.05) is 12.4 Å². The third-order valence-corrected chi connectivity index (χ3v) is 2.50. The van der Waals surface area contributed by atoms with Crippen molar-refractivity contribution in [3.05, 3.63) is 41.2 Å². The fraction of sp³-hybridized carbons (Fsp3) is 0.167. The Hall–Kier alpha value is -2.70. The van der Waals surface area contributed by atoms with E-state index in [1.54, 1.807) is 31.2 Å². The summed E-state index contributed by atoms with van der Waals surface area (Å²) in [6, 6.07) is 6.35. The van der Waals surface area contributed by atoms with Crippen LogP contribution in [-0.4, -0.2) is 34.4 Å². The molecule has 0 unspecified atom stereocenters. The average Bonchev–Trinajstić information content (AvgIpc) is 2.85. The van der Waals surface area contributed by atoms with Gasteiger partial charge in [0.25, 0.3) is 5.91 Å². The number of H-pyrrole nitrogens is 1. The number of hydrogen-bond donors (Lipinski definition) is 2. The number of aromatic nitrogens is 3. The molecule has 0 aliphatic rings. The predicted molar refractivity (Wildman–Crippen MR) is 66.9 cm³/mol. The third-order valence-electron chi connectivity index (χ3n) is 2.50. The van der Waals surface area contributed by atoms with Crippen LogP contribution in [0.3, 0.4) is 0 Å². The molecule has 0 fully saturated rings. The number of methoxy groups -OCH3 is 1. The number of carbonyl (C=O) groups is 2. The first-order chi connectivity index (χ1) is 9.11. The number of amides is 1. The number of ether oxygens (including phenoxy) is 1. The van der Waals surface area contributed by atoms with Crippen molar-refractivity contribution in [3.8, 4) is 0 Å². The van der Waals surface area contributed by atoms with E-state index >= 15 is 0 Å². The van der Waals surface area contributed by atoms with Gasteiger partial charge in [-0.15, -0.1) is 0 Å². The standard InChI is InChI=1S/C12H12N4O3/c1-7-10(15-16-14-7)11(17)13-9-5-3-8(4-6-9)12(18)19-2/h3-6H,1-2H3,(H,13,17)(H,14,15,16). The molecule has 1 aromatic heterocycles. The first kappa shape index (κ1) is 12.7. The quantitative estimate of drug-likeness (QED) is 0.807. The summed E-state index contributed by atoms with van der Waals surface area (Å²) in [5, 5.41) is 12.5. The summed E-state index contributed by atoms with van der Waals surface area (Å²) in [7, 11) is 1.31. The minimum atomic E-state index is -0.426. The lowest BCUT2D eigenvalue weighted by molar-refractivity contribution is 0.0600. The molecule has 0 atom stereocenters. The van der Waals surface area contributed by atoms with Gasteiger partial charge in [0.15, 0.2) is 5.69 Å². The van der Waals surface area contributed by atoms with Gasteiger partial charge in [0.2, 0.25) is 0 Å². The number of anilines is 1. The lowest BCUT2D eigenvalue weighted by Crippen LogP contribution is -2.14. The van der Waals surface area contributed by atoms with E-state index in [2.05, 4.69) is 25.5 Å². The van der Waals surface area contributed by atoms with Crippen molar-refractivity contribution in [3.63, 3.8) is 0 Å². The summed E-state index contributed by atoms with van der Waals surface area (Å²) in [4.78, 5) is 23.1. The summed E-state index contributed by atoms with van der Waals surface area (Å²) < 4.78 is 4.58. The molecule has 19 heavy (non-hydrogen) atoms.